The first-order chi connectivity index (χ1) is 15.0. The molecule has 0 aliphatic rings. The number of halogens is 5. The highest BCUT2D eigenvalue weighted by molar-refractivity contribution is 5.93. The van der Waals surface area contributed by atoms with Gasteiger partial charge in [0.05, 0.1) is 18.0 Å². The number of alkyl halides is 3. The van der Waals surface area contributed by atoms with Crippen LogP contribution in [0, 0.1) is 11.6 Å². The van der Waals surface area contributed by atoms with Gasteiger partial charge in [0.25, 0.3) is 5.91 Å². The molecular weight excluding hydrogens is 441 g/mol. The van der Waals surface area contributed by atoms with Gasteiger partial charge in [0.2, 0.25) is 5.88 Å². The van der Waals surface area contributed by atoms with Gasteiger partial charge in [-0.2, -0.15) is 23.0 Å². The molecule has 0 unspecified atom stereocenters. The lowest BCUT2D eigenvalue weighted by Crippen LogP contribution is -2.30. The number of hydrogen-bond donors (Lipinski definition) is 3. The van der Waals surface area contributed by atoms with Crippen LogP contribution in [0.5, 0.6) is 5.88 Å². The zero-order valence-electron chi connectivity index (χ0n) is 15.9. The molecular formula is C20H14F5N3O4. The van der Waals surface area contributed by atoms with Crippen molar-refractivity contribution in [3.63, 3.8) is 0 Å². The molecule has 168 valence electrons. The van der Waals surface area contributed by atoms with E-state index in [2.05, 4.69) is 10.4 Å². The molecule has 0 fully saturated rings. The molecule has 1 amide bonds. The molecule has 3 rings (SSSR count). The van der Waals surface area contributed by atoms with E-state index >= 15 is 0 Å². The fraction of sp³-hybridized carbons (Fsp3) is 0.150. The van der Waals surface area contributed by atoms with E-state index in [4.69, 9.17) is 5.11 Å². The Morgan fingerprint density at radius 3 is 2.28 bits per heavy atom. The molecule has 0 spiro atoms. The number of hydrogen-bond acceptors (Lipinski definition) is 4. The van der Waals surface area contributed by atoms with Crippen LogP contribution in [0.2, 0.25) is 0 Å². The van der Waals surface area contributed by atoms with Gasteiger partial charge in [-0.05, 0) is 29.8 Å². The summed E-state index contributed by atoms with van der Waals surface area (Å²) in [4.78, 5) is 23.7. The fourth-order valence-electron chi connectivity index (χ4n) is 2.88. The van der Waals surface area contributed by atoms with Gasteiger partial charge in [0, 0.05) is 12.1 Å². The molecule has 1 aromatic heterocycles. The number of amides is 1. The largest absolute Gasteiger partial charge is 0.493 e. The number of benzene rings is 2. The van der Waals surface area contributed by atoms with Crippen LogP contribution in [0.15, 0.2) is 48.5 Å². The minimum atomic E-state index is -4.59. The summed E-state index contributed by atoms with van der Waals surface area (Å²) in [6.07, 6.45) is -5.25. The predicted molar refractivity (Wildman–Crippen MR) is 99.0 cm³/mol. The highest BCUT2D eigenvalue weighted by Crippen LogP contribution is 2.30. The number of carboxylic acids is 1. The van der Waals surface area contributed by atoms with Crippen LogP contribution < -0.4 is 5.32 Å². The van der Waals surface area contributed by atoms with E-state index < -0.39 is 59.3 Å². The highest BCUT2D eigenvalue weighted by Gasteiger charge is 2.30. The Labute approximate surface area is 176 Å². The normalized spacial score (nSPS) is 12.4. The SMILES string of the molecule is O=C(O)C[C@H](NC(=O)c1cc(O)n(-c2ccc(F)cc2F)n1)c1ccc(C(F)(F)F)cc1. The van der Waals surface area contributed by atoms with E-state index in [1.54, 1.807) is 0 Å². The van der Waals surface area contributed by atoms with Gasteiger partial charge in [-0.25, -0.2) is 8.78 Å². The van der Waals surface area contributed by atoms with Crippen LogP contribution in [-0.2, 0) is 11.0 Å². The summed E-state index contributed by atoms with van der Waals surface area (Å²) >= 11 is 0. The second-order valence-electron chi connectivity index (χ2n) is 6.64. The third-order valence-corrected chi connectivity index (χ3v) is 4.39. The summed E-state index contributed by atoms with van der Waals surface area (Å²) in [6, 6.07) is 5.62. The molecule has 3 aromatic rings. The molecule has 12 heteroatoms. The van der Waals surface area contributed by atoms with Gasteiger partial charge in [0.1, 0.15) is 11.5 Å². The zero-order chi connectivity index (χ0) is 23.6. The van der Waals surface area contributed by atoms with E-state index in [-0.39, 0.29) is 11.3 Å². The molecule has 32 heavy (non-hydrogen) atoms. The molecule has 0 bridgehead atoms. The van der Waals surface area contributed by atoms with Crippen molar-refractivity contribution >= 4 is 11.9 Å². The van der Waals surface area contributed by atoms with Crippen LogP contribution in [0.25, 0.3) is 5.69 Å². The van der Waals surface area contributed by atoms with Crippen molar-refractivity contribution in [3.05, 3.63) is 77.0 Å². The Balaban J connectivity index is 1.86. The molecule has 0 saturated heterocycles. The molecule has 0 saturated carbocycles. The highest BCUT2D eigenvalue weighted by atomic mass is 19.4. The number of nitrogens with one attached hydrogen (secondary N) is 1. The van der Waals surface area contributed by atoms with E-state index in [1.807, 2.05) is 0 Å². The van der Waals surface area contributed by atoms with Gasteiger partial charge in [-0.3, -0.25) is 9.59 Å². The Kier molecular flexibility index (Phi) is 6.14. The second kappa shape index (κ2) is 8.65. The molecule has 3 N–H and O–H groups in total. The lowest BCUT2D eigenvalue weighted by atomic mass is 10.0. The number of carbonyl (C=O) groups excluding carboxylic acids is 1. The molecule has 1 atom stereocenters. The Bertz CT molecular complexity index is 1160. The van der Waals surface area contributed by atoms with E-state index in [0.29, 0.717) is 10.7 Å². The van der Waals surface area contributed by atoms with E-state index in [0.717, 1.165) is 42.5 Å². The Morgan fingerprint density at radius 1 is 1.06 bits per heavy atom. The summed E-state index contributed by atoms with van der Waals surface area (Å²) in [5, 5.41) is 25.1. The van der Waals surface area contributed by atoms with Crippen LogP contribution in [0.1, 0.15) is 34.1 Å². The third kappa shape index (κ3) is 5.02. The Morgan fingerprint density at radius 2 is 1.72 bits per heavy atom. The number of aliphatic carboxylic acids is 1. The van der Waals surface area contributed by atoms with Gasteiger partial charge in [-0.1, -0.05) is 12.1 Å². The molecule has 2 aromatic carbocycles. The summed E-state index contributed by atoms with van der Waals surface area (Å²) in [7, 11) is 0. The van der Waals surface area contributed by atoms with Crippen molar-refractivity contribution in [2.75, 3.05) is 0 Å². The third-order valence-electron chi connectivity index (χ3n) is 4.39. The van der Waals surface area contributed by atoms with Crippen LogP contribution in [-0.4, -0.2) is 31.9 Å². The van der Waals surface area contributed by atoms with Crippen molar-refractivity contribution in [3.8, 4) is 11.6 Å². The van der Waals surface area contributed by atoms with Crippen molar-refractivity contribution < 1.29 is 41.8 Å². The molecule has 7 nitrogen and oxygen atoms in total. The minimum Gasteiger partial charge on any atom is -0.493 e. The standard InChI is InChI=1S/C20H14F5N3O4/c21-12-5-6-16(13(22)7-12)28-17(29)8-15(27-28)19(32)26-14(9-18(30)31)10-1-3-11(4-2-10)20(23,24)25/h1-8,14,29H,9H2,(H,26,32)(H,30,31)/t14-/m0/s1. The average Bonchev–Trinajstić information content (AvgIpc) is 3.08. The number of carbonyl (C=O) groups is 2. The quantitative estimate of drug-likeness (QED) is 0.491. The molecule has 0 radical (unpaired) electrons. The first kappa shape index (κ1) is 22.7. The van der Waals surface area contributed by atoms with Gasteiger partial charge < -0.3 is 15.5 Å². The van der Waals surface area contributed by atoms with Crippen molar-refractivity contribution in [1.29, 1.82) is 0 Å². The number of aromatic nitrogens is 2. The predicted octanol–water partition coefficient (Wildman–Crippen LogP) is 3.82. The van der Waals surface area contributed by atoms with Gasteiger partial charge in [-0.15, -0.1) is 0 Å². The maximum absolute atomic E-state index is 14.0. The van der Waals surface area contributed by atoms with Crippen molar-refractivity contribution in [1.82, 2.24) is 15.1 Å². The maximum Gasteiger partial charge on any atom is 0.416 e. The minimum absolute atomic E-state index is 0.0852. The first-order valence-corrected chi connectivity index (χ1v) is 8.90. The maximum atomic E-state index is 14.0. The number of aromatic hydroxyl groups is 1. The lowest BCUT2D eigenvalue weighted by molar-refractivity contribution is -0.138. The van der Waals surface area contributed by atoms with Crippen LogP contribution >= 0.6 is 0 Å². The van der Waals surface area contributed by atoms with Crippen LogP contribution in [0.3, 0.4) is 0 Å². The monoisotopic (exact) mass is 455 g/mol. The average molecular weight is 455 g/mol. The zero-order valence-corrected chi connectivity index (χ0v) is 15.9. The summed E-state index contributed by atoms with van der Waals surface area (Å²) in [5.74, 6) is -4.91. The van der Waals surface area contributed by atoms with E-state index in [9.17, 15) is 36.6 Å². The number of nitrogens with zero attached hydrogens (tertiary/aromatic N) is 2. The smallest absolute Gasteiger partial charge is 0.416 e. The van der Waals surface area contributed by atoms with Gasteiger partial charge >= 0.3 is 12.1 Å². The number of carboxylic acid groups (broad SMARTS) is 1. The fourth-order valence-corrected chi connectivity index (χ4v) is 2.88. The Hall–Kier alpha value is -3.96. The number of rotatable bonds is 6. The lowest BCUT2D eigenvalue weighted by Gasteiger charge is -2.17. The van der Waals surface area contributed by atoms with Gasteiger partial charge in [0.15, 0.2) is 11.5 Å². The van der Waals surface area contributed by atoms with Crippen LogP contribution in [0.4, 0.5) is 22.0 Å². The summed E-state index contributed by atoms with van der Waals surface area (Å²) < 4.78 is 65.9. The summed E-state index contributed by atoms with van der Waals surface area (Å²) in [5.41, 5.74) is -1.66. The molecule has 0 aliphatic heterocycles. The molecule has 0 aliphatic carbocycles. The van der Waals surface area contributed by atoms with E-state index in [1.165, 1.54) is 0 Å². The second-order valence-corrected chi connectivity index (χ2v) is 6.64. The summed E-state index contributed by atoms with van der Waals surface area (Å²) in [6.45, 7) is 0. The topological polar surface area (TPSA) is 104 Å². The molecule has 1 heterocycles. The van der Waals surface area contributed by atoms with Crippen molar-refractivity contribution in [2.24, 2.45) is 0 Å². The van der Waals surface area contributed by atoms with Crippen molar-refractivity contribution in [2.45, 2.75) is 18.6 Å². The first-order valence-electron chi connectivity index (χ1n) is 8.90.